The summed E-state index contributed by atoms with van der Waals surface area (Å²) in [6.07, 6.45) is 0. The van der Waals surface area contributed by atoms with Crippen LogP contribution in [0.4, 0.5) is 11.4 Å². The number of phenolic OH excluding ortho intramolecular Hbond substituents is 1. The summed E-state index contributed by atoms with van der Waals surface area (Å²) < 4.78 is 0. The SMILES string of the molecule is O=C(Nc1cccc(O)c1)c1ccc(NC2=C(Cl)C(=O)N(Cc3ccccc3)C2=O)cc1. The Morgan fingerprint density at radius 2 is 1.59 bits per heavy atom. The van der Waals surface area contributed by atoms with E-state index in [4.69, 9.17) is 11.6 Å². The molecule has 0 radical (unpaired) electrons. The van der Waals surface area contributed by atoms with Crippen molar-refractivity contribution in [2.24, 2.45) is 0 Å². The Kier molecular flexibility index (Phi) is 5.91. The summed E-state index contributed by atoms with van der Waals surface area (Å²) in [6.45, 7) is 0.119. The monoisotopic (exact) mass is 447 g/mol. The van der Waals surface area contributed by atoms with E-state index in [2.05, 4.69) is 10.6 Å². The predicted molar refractivity (Wildman–Crippen MR) is 121 cm³/mol. The molecule has 160 valence electrons. The van der Waals surface area contributed by atoms with Gasteiger partial charge in [-0.3, -0.25) is 19.3 Å². The second-order valence-electron chi connectivity index (χ2n) is 7.08. The van der Waals surface area contributed by atoms with Crippen molar-refractivity contribution in [1.29, 1.82) is 0 Å². The standard InChI is InChI=1S/C24H18ClN3O4/c25-20-21(24(32)28(23(20)31)14-15-5-2-1-3-6-15)26-17-11-9-16(10-12-17)22(30)27-18-7-4-8-19(29)13-18/h1-13,26,29H,14H2,(H,27,30). The normalized spacial score (nSPS) is 13.5. The number of nitrogens with zero attached hydrogens (tertiary/aromatic N) is 1. The van der Waals surface area contributed by atoms with Crippen LogP contribution in [0.2, 0.25) is 0 Å². The number of aromatic hydroxyl groups is 1. The number of hydrogen-bond acceptors (Lipinski definition) is 5. The number of amides is 3. The van der Waals surface area contributed by atoms with Crippen molar-refractivity contribution in [3.05, 3.63) is 101 Å². The molecule has 4 rings (SSSR count). The van der Waals surface area contributed by atoms with Gasteiger partial charge >= 0.3 is 0 Å². The first kappa shape index (κ1) is 21.1. The average Bonchev–Trinajstić information content (AvgIpc) is 2.98. The lowest BCUT2D eigenvalue weighted by atomic mass is 10.2. The molecule has 3 aromatic rings. The van der Waals surface area contributed by atoms with Crippen molar-refractivity contribution in [2.75, 3.05) is 10.6 Å². The van der Waals surface area contributed by atoms with E-state index in [0.29, 0.717) is 16.9 Å². The highest BCUT2D eigenvalue weighted by atomic mass is 35.5. The van der Waals surface area contributed by atoms with Crippen LogP contribution in [0.3, 0.4) is 0 Å². The van der Waals surface area contributed by atoms with Gasteiger partial charge in [-0.1, -0.05) is 48.0 Å². The first-order valence-electron chi connectivity index (χ1n) is 9.70. The minimum atomic E-state index is -0.565. The minimum absolute atomic E-state index is 0.00967. The highest BCUT2D eigenvalue weighted by Gasteiger charge is 2.37. The topological polar surface area (TPSA) is 98.7 Å². The number of halogens is 1. The van der Waals surface area contributed by atoms with Gasteiger partial charge in [-0.15, -0.1) is 0 Å². The molecule has 3 N–H and O–H groups in total. The molecule has 3 aromatic carbocycles. The quantitative estimate of drug-likeness (QED) is 0.494. The molecule has 0 aliphatic carbocycles. The van der Waals surface area contributed by atoms with Crippen molar-refractivity contribution >= 4 is 40.7 Å². The fraction of sp³-hybridized carbons (Fsp3) is 0.0417. The van der Waals surface area contributed by atoms with Gasteiger partial charge in [-0.25, -0.2) is 0 Å². The van der Waals surface area contributed by atoms with Gasteiger partial charge in [0.05, 0.1) is 6.54 Å². The van der Waals surface area contributed by atoms with Crippen LogP contribution in [0.15, 0.2) is 89.6 Å². The summed E-state index contributed by atoms with van der Waals surface area (Å²) in [5.74, 6) is -1.40. The number of phenols is 1. The van der Waals surface area contributed by atoms with Crippen LogP contribution in [-0.4, -0.2) is 27.7 Å². The van der Waals surface area contributed by atoms with Gasteiger partial charge in [-0.05, 0) is 42.0 Å². The lowest BCUT2D eigenvalue weighted by Crippen LogP contribution is -2.31. The second-order valence-corrected chi connectivity index (χ2v) is 7.46. The summed E-state index contributed by atoms with van der Waals surface area (Å²) in [4.78, 5) is 38.7. The molecule has 0 atom stereocenters. The van der Waals surface area contributed by atoms with Crippen molar-refractivity contribution < 1.29 is 19.5 Å². The van der Waals surface area contributed by atoms with E-state index in [1.54, 1.807) is 36.4 Å². The van der Waals surface area contributed by atoms with Crippen molar-refractivity contribution in [1.82, 2.24) is 4.90 Å². The number of carbonyl (C=O) groups excluding carboxylic acids is 3. The third-order valence-electron chi connectivity index (χ3n) is 4.82. The highest BCUT2D eigenvalue weighted by Crippen LogP contribution is 2.27. The van der Waals surface area contributed by atoms with Gasteiger partial charge in [0, 0.05) is 23.0 Å². The Morgan fingerprint density at radius 1 is 0.875 bits per heavy atom. The van der Waals surface area contributed by atoms with E-state index in [9.17, 15) is 19.5 Å². The van der Waals surface area contributed by atoms with E-state index in [0.717, 1.165) is 10.5 Å². The maximum Gasteiger partial charge on any atom is 0.279 e. The Labute approximate surface area is 188 Å². The molecule has 0 saturated heterocycles. The zero-order valence-corrected chi connectivity index (χ0v) is 17.5. The fourth-order valence-corrected chi connectivity index (χ4v) is 3.43. The Hall–Kier alpha value is -4.10. The molecule has 1 aliphatic heterocycles. The first-order valence-corrected chi connectivity index (χ1v) is 10.1. The molecule has 7 nitrogen and oxygen atoms in total. The van der Waals surface area contributed by atoms with Gasteiger partial charge in [0.1, 0.15) is 16.5 Å². The number of hydrogen-bond donors (Lipinski definition) is 3. The third-order valence-corrected chi connectivity index (χ3v) is 5.17. The summed E-state index contributed by atoms with van der Waals surface area (Å²) in [5, 5.41) is 14.9. The lowest BCUT2D eigenvalue weighted by Gasteiger charge is -2.15. The van der Waals surface area contributed by atoms with Crippen molar-refractivity contribution in [3.63, 3.8) is 0 Å². The molecule has 0 saturated carbocycles. The van der Waals surface area contributed by atoms with Crippen LogP contribution in [0.1, 0.15) is 15.9 Å². The molecule has 0 fully saturated rings. The number of rotatable bonds is 6. The number of nitrogens with one attached hydrogen (secondary N) is 2. The van der Waals surface area contributed by atoms with Crippen LogP contribution < -0.4 is 10.6 Å². The molecule has 32 heavy (non-hydrogen) atoms. The van der Waals surface area contributed by atoms with Gasteiger partial charge in [0.25, 0.3) is 17.7 Å². The molecule has 0 aromatic heterocycles. The highest BCUT2D eigenvalue weighted by molar-refractivity contribution is 6.48. The van der Waals surface area contributed by atoms with Crippen LogP contribution in [-0.2, 0) is 16.1 Å². The zero-order valence-electron chi connectivity index (χ0n) is 16.7. The summed E-state index contributed by atoms with van der Waals surface area (Å²) >= 11 is 6.14. The van der Waals surface area contributed by atoms with Crippen molar-refractivity contribution in [2.45, 2.75) is 6.54 Å². The molecular weight excluding hydrogens is 430 g/mol. The van der Waals surface area contributed by atoms with Gasteiger partial charge < -0.3 is 15.7 Å². The molecule has 0 spiro atoms. The zero-order chi connectivity index (χ0) is 22.7. The largest absolute Gasteiger partial charge is 0.508 e. The van der Waals surface area contributed by atoms with Crippen LogP contribution in [0.5, 0.6) is 5.75 Å². The summed E-state index contributed by atoms with van der Waals surface area (Å²) in [5.41, 5.74) is 2.13. The van der Waals surface area contributed by atoms with Crippen molar-refractivity contribution in [3.8, 4) is 5.75 Å². The maximum absolute atomic E-state index is 12.8. The van der Waals surface area contributed by atoms with Gasteiger partial charge in [-0.2, -0.15) is 0 Å². The van der Waals surface area contributed by atoms with Crippen LogP contribution in [0, 0.1) is 0 Å². The molecule has 0 bridgehead atoms. The first-order chi connectivity index (χ1) is 15.4. The number of imide groups is 1. The molecular formula is C24H18ClN3O4. The maximum atomic E-state index is 12.8. The van der Waals surface area contributed by atoms with E-state index >= 15 is 0 Å². The Balaban J connectivity index is 1.44. The minimum Gasteiger partial charge on any atom is -0.508 e. The smallest absolute Gasteiger partial charge is 0.279 e. The Morgan fingerprint density at radius 3 is 2.28 bits per heavy atom. The number of carbonyl (C=O) groups is 3. The number of anilines is 2. The average molecular weight is 448 g/mol. The van der Waals surface area contributed by atoms with Gasteiger partial charge in [0.15, 0.2) is 0 Å². The lowest BCUT2D eigenvalue weighted by molar-refractivity contribution is -0.138. The van der Waals surface area contributed by atoms with E-state index in [1.807, 2.05) is 30.3 Å². The van der Waals surface area contributed by atoms with Gasteiger partial charge in [0.2, 0.25) is 0 Å². The van der Waals surface area contributed by atoms with E-state index < -0.39 is 11.8 Å². The fourth-order valence-electron chi connectivity index (χ4n) is 3.20. The summed E-state index contributed by atoms with van der Waals surface area (Å²) in [7, 11) is 0. The molecule has 8 heteroatoms. The molecule has 3 amide bonds. The summed E-state index contributed by atoms with van der Waals surface area (Å²) in [6, 6.07) is 21.7. The number of benzene rings is 3. The third kappa shape index (κ3) is 4.48. The van der Waals surface area contributed by atoms with E-state index in [-0.39, 0.29) is 28.9 Å². The molecule has 0 unspecified atom stereocenters. The van der Waals surface area contributed by atoms with Crippen LogP contribution in [0.25, 0.3) is 0 Å². The molecule has 1 heterocycles. The molecule has 1 aliphatic rings. The Bertz CT molecular complexity index is 1220. The predicted octanol–water partition coefficient (Wildman–Crippen LogP) is 4.08. The van der Waals surface area contributed by atoms with E-state index in [1.165, 1.54) is 12.1 Å². The van der Waals surface area contributed by atoms with Crippen LogP contribution >= 0.6 is 11.6 Å². The second kappa shape index (κ2) is 8.95.